The number of halogens is 1. The van der Waals surface area contributed by atoms with Crippen LogP contribution in [0.15, 0.2) is 47.5 Å². The van der Waals surface area contributed by atoms with E-state index in [1.54, 1.807) is 24.5 Å². The van der Waals surface area contributed by atoms with E-state index in [1.807, 2.05) is 22.7 Å². The van der Waals surface area contributed by atoms with E-state index >= 15 is 0 Å². The molecule has 0 unspecified atom stereocenters. The molecule has 0 spiro atoms. The highest BCUT2D eigenvalue weighted by atomic mass is 79.9. The summed E-state index contributed by atoms with van der Waals surface area (Å²) in [6, 6.07) is 7.18. The Bertz CT molecular complexity index is 679. The second-order valence-corrected chi connectivity index (χ2v) is 4.33. The van der Waals surface area contributed by atoms with Crippen LogP contribution in [0, 0.1) is 0 Å². The van der Waals surface area contributed by atoms with Crippen molar-refractivity contribution in [3.8, 4) is 17.1 Å². The van der Waals surface area contributed by atoms with Crippen LogP contribution in [0.25, 0.3) is 16.9 Å². The lowest BCUT2D eigenvalue weighted by Gasteiger charge is -2.01. The maximum atomic E-state index is 9.81. The molecular formula is C12H8BrN3O. The minimum atomic E-state index is 0.201. The van der Waals surface area contributed by atoms with Crippen molar-refractivity contribution in [3.63, 3.8) is 0 Å². The molecule has 0 aliphatic carbocycles. The highest BCUT2D eigenvalue weighted by Crippen LogP contribution is 2.30. The highest BCUT2D eigenvalue weighted by molar-refractivity contribution is 9.10. The molecule has 0 radical (unpaired) electrons. The van der Waals surface area contributed by atoms with Gasteiger partial charge in [0.05, 0.1) is 0 Å². The lowest BCUT2D eigenvalue weighted by Crippen LogP contribution is -1.88. The van der Waals surface area contributed by atoms with E-state index in [4.69, 9.17) is 0 Å². The summed E-state index contributed by atoms with van der Waals surface area (Å²) in [4.78, 5) is 8.39. The van der Waals surface area contributed by atoms with Gasteiger partial charge < -0.3 is 5.11 Å². The normalized spacial score (nSPS) is 10.9. The molecule has 1 N–H and O–H groups in total. The molecule has 3 rings (SSSR count). The first-order chi connectivity index (χ1) is 8.27. The van der Waals surface area contributed by atoms with Crippen LogP contribution in [-0.2, 0) is 0 Å². The Morgan fingerprint density at radius 2 is 1.94 bits per heavy atom. The summed E-state index contributed by atoms with van der Waals surface area (Å²) in [7, 11) is 0. The Morgan fingerprint density at radius 3 is 2.71 bits per heavy atom. The first-order valence-corrected chi connectivity index (χ1v) is 5.82. The summed E-state index contributed by atoms with van der Waals surface area (Å²) in [6.45, 7) is 0. The number of aromatic nitrogens is 3. The van der Waals surface area contributed by atoms with Crippen LogP contribution in [-0.4, -0.2) is 19.5 Å². The molecule has 0 bridgehead atoms. The van der Waals surface area contributed by atoms with Gasteiger partial charge in [-0.25, -0.2) is 4.98 Å². The Kier molecular flexibility index (Phi) is 2.33. The van der Waals surface area contributed by atoms with Crippen molar-refractivity contribution in [2.75, 3.05) is 0 Å². The molecule has 5 heteroatoms. The molecule has 0 saturated heterocycles. The van der Waals surface area contributed by atoms with Crippen molar-refractivity contribution in [3.05, 3.63) is 47.5 Å². The lowest BCUT2D eigenvalue weighted by molar-refractivity contribution is 0.479. The average Bonchev–Trinajstić information content (AvgIpc) is 2.69. The largest absolute Gasteiger partial charge is 0.506 e. The molecule has 0 saturated carbocycles. The van der Waals surface area contributed by atoms with Crippen LogP contribution < -0.4 is 0 Å². The van der Waals surface area contributed by atoms with E-state index in [0.29, 0.717) is 10.1 Å². The van der Waals surface area contributed by atoms with Crippen LogP contribution >= 0.6 is 15.9 Å². The minimum absolute atomic E-state index is 0.201. The quantitative estimate of drug-likeness (QED) is 0.749. The average molecular weight is 290 g/mol. The van der Waals surface area contributed by atoms with Crippen LogP contribution in [0.4, 0.5) is 0 Å². The fourth-order valence-electron chi connectivity index (χ4n) is 1.78. The van der Waals surface area contributed by atoms with Gasteiger partial charge in [-0.3, -0.25) is 9.38 Å². The summed E-state index contributed by atoms with van der Waals surface area (Å²) in [5.41, 5.74) is 1.62. The molecule has 84 valence electrons. The van der Waals surface area contributed by atoms with E-state index in [9.17, 15) is 5.11 Å². The molecule has 17 heavy (non-hydrogen) atoms. The Morgan fingerprint density at radius 1 is 1.18 bits per heavy atom. The fourth-order valence-corrected chi connectivity index (χ4v) is 2.35. The van der Waals surface area contributed by atoms with Gasteiger partial charge in [0.1, 0.15) is 21.7 Å². The third-order valence-corrected chi connectivity index (χ3v) is 3.09. The lowest BCUT2D eigenvalue weighted by atomic mass is 10.2. The number of imidazole rings is 1. The Balaban J connectivity index is 2.36. The molecule has 0 amide bonds. The van der Waals surface area contributed by atoms with Gasteiger partial charge in [0.2, 0.25) is 0 Å². The van der Waals surface area contributed by atoms with Crippen molar-refractivity contribution in [2.24, 2.45) is 0 Å². The van der Waals surface area contributed by atoms with E-state index in [1.165, 1.54) is 0 Å². The van der Waals surface area contributed by atoms with Crippen molar-refractivity contribution in [1.29, 1.82) is 0 Å². The molecule has 4 nitrogen and oxygen atoms in total. The number of rotatable bonds is 1. The van der Waals surface area contributed by atoms with E-state index < -0.39 is 0 Å². The standard InChI is InChI=1S/C12H8BrN3O/c13-11-10-9(17)2-1-7-16(10)12(15-11)8-3-5-14-6-4-8/h1-7,17H. The number of hydrogen-bond acceptors (Lipinski definition) is 3. The van der Waals surface area contributed by atoms with Gasteiger partial charge >= 0.3 is 0 Å². The molecule has 0 fully saturated rings. The molecule has 3 aromatic heterocycles. The van der Waals surface area contributed by atoms with Crippen LogP contribution in [0.5, 0.6) is 5.75 Å². The zero-order valence-corrected chi connectivity index (χ0v) is 10.3. The molecule has 3 heterocycles. The Hall–Kier alpha value is -1.88. The third-order valence-electron chi connectivity index (χ3n) is 2.54. The smallest absolute Gasteiger partial charge is 0.146 e. The van der Waals surface area contributed by atoms with Crippen molar-refractivity contribution < 1.29 is 5.11 Å². The highest BCUT2D eigenvalue weighted by Gasteiger charge is 2.13. The number of aromatic hydroxyl groups is 1. The van der Waals surface area contributed by atoms with E-state index in [2.05, 4.69) is 25.9 Å². The van der Waals surface area contributed by atoms with E-state index in [-0.39, 0.29) is 5.75 Å². The molecule has 0 aromatic carbocycles. The van der Waals surface area contributed by atoms with Crippen LogP contribution in [0.3, 0.4) is 0 Å². The predicted molar refractivity (Wildman–Crippen MR) is 67.8 cm³/mol. The van der Waals surface area contributed by atoms with Crippen LogP contribution in [0.2, 0.25) is 0 Å². The number of hydrogen-bond donors (Lipinski definition) is 1. The van der Waals surface area contributed by atoms with Crippen LogP contribution in [0.1, 0.15) is 0 Å². The summed E-state index contributed by atoms with van der Waals surface area (Å²) in [5.74, 6) is 0.970. The van der Waals surface area contributed by atoms with Gasteiger partial charge in [-0.2, -0.15) is 0 Å². The fraction of sp³-hybridized carbons (Fsp3) is 0. The zero-order chi connectivity index (χ0) is 11.8. The van der Waals surface area contributed by atoms with Gasteiger partial charge in [0.15, 0.2) is 0 Å². The second-order valence-electron chi connectivity index (χ2n) is 3.57. The topological polar surface area (TPSA) is 50.4 Å². The van der Waals surface area contributed by atoms with Gasteiger partial charge in [-0.15, -0.1) is 0 Å². The number of pyridine rings is 2. The predicted octanol–water partition coefficient (Wildman–Crippen LogP) is 2.86. The minimum Gasteiger partial charge on any atom is -0.506 e. The second kappa shape index (κ2) is 3.85. The first-order valence-electron chi connectivity index (χ1n) is 5.03. The molecule has 0 aliphatic rings. The van der Waals surface area contributed by atoms with Gasteiger partial charge in [0.25, 0.3) is 0 Å². The maximum absolute atomic E-state index is 9.81. The molecule has 0 aliphatic heterocycles. The van der Waals surface area contributed by atoms with Crippen molar-refractivity contribution in [2.45, 2.75) is 0 Å². The van der Waals surface area contributed by atoms with Gasteiger partial charge in [-0.1, -0.05) is 0 Å². The number of nitrogens with zero attached hydrogens (tertiary/aromatic N) is 3. The van der Waals surface area contributed by atoms with Crippen molar-refractivity contribution in [1.82, 2.24) is 14.4 Å². The SMILES string of the molecule is Oc1cccn2c(-c3ccncc3)nc(Br)c12. The van der Waals surface area contributed by atoms with E-state index in [0.717, 1.165) is 11.4 Å². The van der Waals surface area contributed by atoms with Gasteiger partial charge in [0, 0.05) is 24.2 Å². The number of fused-ring (bicyclic) bond motifs is 1. The molecular weight excluding hydrogens is 282 g/mol. The monoisotopic (exact) mass is 289 g/mol. The molecule has 0 atom stereocenters. The van der Waals surface area contributed by atoms with Crippen molar-refractivity contribution >= 4 is 21.4 Å². The summed E-state index contributed by atoms with van der Waals surface area (Å²) in [6.07, 6.45) is 5.29. The summed E-state index contributed by atoms with van der Waals surface area (Å²) >= 11 is 3.36. The first kappa shape index (κ1) is 10.3. The maximum Gasteiger partial charge on any atom is 0.146 e. The van der Waals surface area contributed by atoms with Gasteiger partial charge in [-0.05, 0) is 40.2 Å². The third kappa shape index (κ3) is 1.59. The zero-order valence-electron chi connectivity index (χ0n) is 8.71. The molecule has 3 aromatic rings. The summed E-state index contributed by atoms with van der Waals surface area (Å²) < 4.78 is 2.47. The summed E-state index contributed by atoms with van der Waals surface area (Å²) in [5, 5.41) is 9.81. The Labute approximate surface area is 106 Å².